The summed E-state index contributed by atoms with van der Waals surface area (Å²) in [5, 5.41) is 14.3. The number of nitrogens with one attached hydrogen (secondary N) is 1. The Bertz CT molecular complexity index is 562. The quantitative estimate of drug-likeness (QED) is 0.826. The molecule has 0 spiro atoms. The van der Waals surface area contributed by atoms with E-state index in [9.17, 15) is 4.79 Å². The first-order chi connectivity index (χ1) is 8.63. The lowest BCUT2D eigenvalue weighted by molar-refractivity contribution is 0.101. The number of hydrogen-bond donors (Lipinski definition) is 2. The molecule has 0 aromatic carbocycles. The van der Waals surface area contributed by atoms with Crippen LogP contribution in [0.1, 0.15) is 23.1 Å². The largest absolute Gasteiger partial charge is 0.395 e. The summed E-state index contributed by atoms with van der Waals surface area (Å²) >= 11 is 0. The summed E-state index contributed by atoms with van der Waals surface area (Å²) in [6.07, 6.45) is 2.21. The van der Waals surface area contributed by atoms with Crippen molar-refractivity contribution >= 4 is 17.4 Å². The SMILES string of the molecule is CCc1nn(C)c(C(=O)Nc2cccnn2)c1N. The molecule has 1 amide bonds. The number of anilines is 2. The average molecular weight is 246 g/mol. The lowest BCUT2D eigenvalue weighted by atomic mass is 10.2. The number of nitrogen functional groups attached to an aromatic ring is 1. The van der Waals surface area contributed by atoms with Crippen molar-refractivity contribution < 1.29 is 4.79 Å². The molecule has 2 aromatic heterocycles. The number of carbonyl (C=O) groups is 1. The van der Waals surface area contributed by atoms with Gasteiger partial charge in [0.05, 0.1) is 11.4 Å². The number of hydrogen-bond acceptors (Lipinski definition) is 5. The van der Waals surface area contributed by atoms with E-state index in [4.69, 9.17) is 5.73 Å². The van der Waals surface area contributed by atoms with Gasteiger partial charge >= 0.3 is 0 Å². The van der Waals surface area contributed by atoms with Gasteiger partial charge in [-0.3, -0.25) is 9.48 Å². The maximum Gasteiger partial charge on any atom is 0.277 e. The van der Waals surface area contributed by atoms with Crippen LogP contribution in [0.2, 0.25) is 0 Å². The smallest absolute Gasteiger partial charge is 0.277 e. The predicted octanol–water partition coefficient (Wildman–Crippen LogP) is 0.607. The van der Waals surface area contributed by atoms with E-state index in [2.05, 4.69) is 20.6 Å². The highest BCUT2D eigenvalue weighted by atomic mass is 16.2. The van der Waals surface area contributed by atoms with E-state index >= 15 is 0 Å². The van der Waals surface area contributed by atoms with E-state index in [1.165, 1.54) is 10.9 Å². The molecule has 0 saturated carbocycles. The Hall–Kier alpha value is -2.44. The molecule has 7 nitrogen and oxygen atoms in total. The van der Waals surface area contributed by atoms with E-state index in [0.717, 1.165) is 0 Å². The Labute approximate surface area is 104 Å². The number of rotatable bonds is 3. The molecule has 0 unspecified atom stereocenters. The molecule has 0 bridgehead atoms. The zero-order chi connectivity index (χ0) is 13.1. The number of amides is 1. The van der Waals surface area contributed by atoms with Crippen LogP contribution in [0.5, 0.6) is 0 Å². The third-order valence-electron chi connectivity index (χ3n) is 2.52. The van der Waals surface area contributed by atoms with E-state index in [-0.39, 0.29) is 5.91 Å². The summed E-state index contributed by atoms with van der Waals surface area (Å²) in [6, 6.07) is 3.34. The lowest BCUT2D eigenvalue weighted by Crippen LogP contribution is -2.18. The molecule has 3 N–H and O–H groups in total. The van der Waals surface area contributed by atoms with E-state index in [1.807, 2.05) is 6.92 Å². The normalized spacial score (nSPS) is 10.3. The third-order valence-corrected chi connectivity index (χ3v) is 2.52. The minimum atomic E-state index is -0.345. The Kier molecular flexibility index (Phi) is 3.22. The summed E-state index contributed by atoms with van der Waals surface area (Å²) < 4.78 is 1.47. The summed E-state index contributed by atoms with van der Waals surface area (Å²) in [7, 11) is 1.68. The fourth-order valence-corrected chi connectivity index (χ4v) is 1.67. The van der Waals surface area contributed by atoms with Crippen molar-refractivity contribution in [3.8, 4) is 0 Å². The van der Waals surface area contributed by atoms with Crippen LogP contribution in [0, 0.1) is 0 Å². The standard InChI is InChI=1S/C11H14N6O/c1-3-7-9(12)10(17(2)16-7)11(18)14-8-5-4-6-13-15-8/h4-6H,3,12H2,1-2H3,(H,14,15,18). The maximum absolute atomic E-state index is 12.1. The first-order valence-electron chi connectivity index (χ1n) is 5.54. The van der Waals surface area contributed by atoms with E-state index in [0.29, 0.717) is 29.3 Å². The highest BCUT2D eigenvalue weighted by Gasteiger charge is 2.19. The van der Waals surface area contributed by atoms with Crippen LogP contribution in [0.25, 0.3) is 0 Å². The van der Waals surface area contributed by atoms with Gasteiger partial charge in [0, 0.05) is 13.2 Å². The number of carbonyl (C=O) groups excluding carboxylic acids is 1. The number of nitrogens with two attached hydrogens (primary N) is 1. The van der Waals surface area contributed by atoms with Gasteiger partial charge in [0.25, 0.3) is 5.91 Å². The van der Waals surface area contributed by atoms with Crippen LogP contribution in [0.3, 0.4) is 0 Å². The zero-order valence-electron chi connectivity index (χ0n) is 10.2. The molecule has 18 heavy (non-hydrogen) atoms. The van der Waals surface area contributed by atoms with Gasteiger partial charge < -0.3 is 11.1 Å². The topological polar surface area (TPSA) is 98.7 Å². The summed E-state index contributed by atoms with van der Waals surface area (Å²) in [5.74, 6) is 0.0313. The lowest BCUT2D eigenvalue weighted by Gasteiger charge is -2.04. The second-order valence-corrected chi connectivity index (χ2v) is 3.75. The molecular weight excluding hydrogens is 232 g/mol. The molecule has 0 aliphatic carbocycles. The van der Waals surface area contributed by atoms with Crippen molar-refractivity contribution in [2.45, 2.75) is 13.3 Å². The molecule has 0 radical (unpaired) electrons. The zero-order valence-corrected chi connectivity index (χ0v) is 10.2. The van der Waals surface area contributed by atoms with Gasteiger partial charge in [-0.25, -0.2) is 0 Å². The van der Waals surface area contributed by atoms with Crippen molar-refractivity contribution in [3.05, 3.63) is 29.7 Å². The summed E-state index contributed by atoms with van der Waals surface area (Å²) in [5.41, 5.74) is 7.33. The molecule has 7 heteroatoms. The first kappa shape index (κ1) is 12.0. The Morgan fingerprint density at radius 2 is 2.33 bits per heavy atom. The molecule has 0 aliphatic rings. The van der Waals surface area contributed by atoms with E-state index < -0.39 is 0 Å². The fourth-order valence-electron chi connectivity index (χ4n) is 1.67. The maximum atomic E-state index is 12.1. The second kappa shape index (κ2) is 4.82. The highest BCUT2D eigenvalue weighted by molar-refractivity contribution is 6.06. The summed E-state index contributed by atoms with van der Waals surface area (Å²) in [6.45, 7) is 1.93. The van der Waals surface area contributed by atoms with Crippen LogP contribution in [0.4, 0.5) is 11.5 Å². The molecule has 0 saturated heterocycles. The van der Waals surface area contributed by atoms with Crippen molar-refractivity contribution in [2.24, 2.45) is 7.05 Å². The monoisotopic (exact) mass is 246 g/mol. The molecule has 2 rings (SSSR count). The van der Waals surface area contributed by atoms with Gasteiger partial charge in [-0.15, -0.1) is 5.10 Å². The molecule has 2 heterocycles. The molecule has 2 aromatic rings. The minimum Gasteiger partial charge on any atom is -0.395 e. The van der Waals surface area contributed by atoms with Crippen molar-refractivity contribution in [2.75, 3.05) is 11.1 Å². The van der Waals surface area contributed by atoms with Gasteiger partial charge in [-0.1, -0.05) is 6.92 Å². The Morgan fingerprint density at radius 1 is 1.56 bits per heavy atom. The average Bonchev–Trinajstić information content (AvgIpc) is 2.65. The van der Waals surface area contributed by atoms with Gasteiger partial charge in [0.15, 0.2) is 5.82 Å². The highest BCUT2D eigenvalue weighted by Crippen LogP contribution is 2.17. The van der Waals surface area contributed by atoms with E-state index in [1.54, 1.807) is 19.2 Å². The van der Waals surface area contributed by atoms with Crippen LogP contribution in [0.15, 0.2) is 18.3 Å². The molecule has 94 valence electrons. The van der Waals surface area contributed by atoms with Gasteiger partial charge in [0.2, 0.25) is 0 Å². The number of aryl methyl sites for hydroxylation is 2. The third kappa shape index (κ3) is 2.15. The molecule has 0 atom stereocenters. The fraction of sp³-hybridized carbons (Fsp3) is 0.273. The van der Waals surface area contributed by atoms with Crippen LogP contribution in [-0.2, 0) is 13.5 Å². The molecule has 0 fully saturated rings. The van der Waals surface area contributed by atoms with Crippen LogP contribution in [-0.4, -0.2) is 25.9 Å². The first-order valence-corrected chi connectivity index (χ1v) is 5.54. The van der Waals surface area contributed by atoms with Gasteiger partial charge in [0.1, 0.15) is 5.69 Å². The molecular formula is C11H14N6O. The second-order valence-electron chi connectivity index (χ2n) is 3.75. The number of aromatic nitrogens is 4. The van der Waals surface area contributed by atoms with Crippen molar-refractivity contribution in [1.82, 2.24) is 20.0 Å². The Morgan fingerprint density at radius 3 is 2.89 bits per heavy atom. The van der Waals surface area contributed by atoms with Crippen molar-refractivity contribution in [3.63, 3.8) is 0 Å². The van der Waals surface area contributed by atoms with Crippen LogP contribution >= 0.6 is 0 Å². The van der Waals surface area contributed by atoms with Gasteiger partial charge in [-0.05, 0) is 18.6 Å². The number of nitrogens with zero attached hydrogens (tertiary/aromatic N) is 4. The molecule has 0 aliphatic heterocycles. The summed E-state index contributed by atoms with van der Waals surface area (Å²) in [4.78, 5) is 12.1. The minimum absolute atomic E-state index is 0.331. The van der Waals surface area contributed by atoms with Crippen molar-refractivity contribution in [1.29, 1.82) is 0 Å². The van der Waals surface area contributed by atoms with Crippen LogP contribution < -0.4 is 11.1 Å². The van der Waals surface area contributed by atoms with Gasteiger partial charge in [-0.2, -0.15) is 10.2 Å². The Balaban J connectivity index is 2.27. The predicted molar refractivity (Wildman–Crippen MR) is 67.0 cm³/mol.